The molecular formula is C25H35NO. The van der Waals surface area contributed by atoms with Crippen molar-refractivity contribution in [2.75, 3.05) is 0 Å². The summed E-state index contributed by atoms with van der Waals surface area (Å²) in [5.74, 6) is 0.333. The molecule has 1 N–H and O–H groups in total. The molecule has 2 heteroatoms. The van der Waals surface area contributed by atoms with Gasteiger partial charge in [0.1, 0.15) is 5.75 Å². The monoisotopic (exact) mass is 365 g/mol. The number of nitrogens with zero attached hydrogens (tertiary/aromatic N) is 1. The number of hydrogen-bond donors (Lipinski definition) is 1. The zero-order valence-corrected chi connectivity index (χ0v) is 18.5. The van der Waals surface area contributed by atoms with E-state index in [2.05, 4.69) is 86.6 Å². The molecule has 0 aromatic heterocycles. The number of rotatable bonds is 3. The predicted octanol–water partition coefficient (Wildman–Crippen LogP) is 6.92. The Labute approximate surface area is 165 Å². The summed E-state index contributed by atoms with van der Waals surface area (Å²) in [4.78, 5) is 4.77. The molecule has 146 valence electrons. The lowest BCUT2D eigenvalue weighted by Gasteiger charge is -2.27. The van der Waals surface area contributed by atoms with Crippen molar-refractivity contribution in [2.45, 2.75) is 79.6 Å². The molecule has 0 heterocycles. The van der Waals surface area contributed by atoms with Gasteiger partial charge in [0.2, 0.25) is 0 Å². The fraction of sp³-hybridized carbons (Fsp3) is 0.480. The first-order valence-electron chi connectivity index (χ1n) is 9.86. The molecule has 2 aromatic carbocycles. The van der Waals surface area contributed by atoms with Crippen molar-refractivity contribution < 1.29 is 5.11 Å². The summed E-state index contributed by atoms with van der Waals surface area (Å²) in [7, 11) is 0. The Bertz CT molecular complexity index is 838. The van der Waals surface area contributed by atoms with Gasteiger partial charge >= 0.3 is 0 Å². The summed E-state index contributed by atoms with van der Waals surface area (Å²) in [6.45, 7) is 19.4. The second kappa shape index (κ2) is 7.50. The van der Waals surface area contributed by atoms with Crippen LogP contribution in [-0.2, 0) is 17.3 Å². The minimum atomic E-state index is -0.136. The molecule has 0 saturated carbocycles. The van der Waals surface area contributed by atoms with Crippen LogP contribution in [0.15, 0.2) is 29.3 Å². The van der Waals surface area contributed by atoms with Gasteiger partial charge in [0.15, 0.2) is 0 Å². The molecule has 0 aliphatic rings. The van der Waals surface area contributed by atoms with Crippen molar-refractivity contribution in [3.8, 4) is 5.75 Å². The van der Waals surface area contributed by atoms with Crippen LogP contribution < -0.4 is 0 Å². The molecule has 2 aromatic rings. The molecule has 0 bridgehead atoms. The van der Waals surface area contributed by atoms with Crippen LogP contribution in [0.2, 0.25) is 0 Å². The van der Waals surface area contributed by atoms with Crippen molar-refractivity contribution in [3.05, 3.63) is 57.6 Å². The van der Waals surface area contributed by atoms with Crippen LogP contribution in [0.3, 0.4) is 0 Å². The van der Waals surface area contributed by atoms with Crippen molar-refractivity contribution in [3.63, 3.8) is 0 Å². The van der Waals surface area contributed by atoms with Crippen LogP contribution in [-0.4, -0.2) is 11.3 Å². The first-order valence-corrected chi connectivity index (χ1v) is 9.86. The van der Waals surface area contributed by atoms with Crippen LogP contribution >= 0.6 is 0 Å². The second-order valence-electron chi connectivity index (χ2n) is 9.65. The maximum Gasteiger partial charge on any atom is 0.128 e. The van der Waals surface area contributed by atoms with Crippen molar-refractivity contribution in [1.82, 2.24) is 0 Å². The first kappa shape index (κ1) is 21.2. The van der Waals surface area contributed by atoms with Gasteiger partial charge in [-0.3, -0.25) is 4.99 Å². The van der Waals surface area contributed by atoms with Gasteiger partial charge in [-0.1, -0.05) is 66.7 Å². The molecule has 0 aliphatic heterocycles. The molecule has 0 amide bonds. The van der Waals surface area contributed by atoms with Crippen molar-refractivity contribution in [1.29, 1.82) is 0 Å². The molecule has 0 spiro atoms. The van der Waals surface area contributed by atoms with Crippen molar-refractivity contribution >= 4 is 11.9 Å². The minimum absolute atomic E-state index is 0.00486. The molecule has 0 radical (unpaired) electrons. The summed E-state index contributed by atoms with van der Waals surface area (Å²) in [6, 6.07) is 8.61. The summed E-state index contributed by atoms with van der Waals surface area (Å²) in [5.41, 5.74) is 7.49. The summed E-state index contributed by atoms with van der Waals surface area (Å²) in [6.07, 6.45) is 2.84. The van der Waals surface area contributed by atoms with Gasteiger partial charge in [-0.15, -0.1) is 0 Å². The van der Waals surface area contributed by atoms with E-state index in [1.54, 1.807) is 0 Å². The number of aliphatic imine (C=N–C) groups is 1. The molecule has 27 heavy (non-hydrogen) atoms. The number of phenols is 1. The Morgan fingerprint density at radius 2 is 1.44 bits per heavy atom. The zero-order valence-electron chi connectivity index (χ0n) is 18.5. The van der Waals surface area contributed by atoms with Gasteiger partial charge in [0, 0.05) is 17.3 Å². The maximum atomic E-state index is 10.9. The maximum absolute atomic E-state index is 10.9. The lowest BCUT2D eigenvalue weighted by atomic mass is 9.79. The Morgan fingerprint density at radius 3 is 1.89 bits per heavy atom. The number of aryl methyl sites for hydroxylation is 3. The molecule has 0 unspecified atom stereocenters. The SMILES string of the molecule is CCc1cc(C)c(N=Cc2cc(C(C)(C)C)cc(C(C)(C)C)c2O)c(C)c1. The van der Waals surface area contributed by atoms with E-state index in [-0.39, 0.29) is 10.8 Å². The standard InChI is InChI=1S/C25H35NO/c1-10-18-11-16(2)22(17(3)12-18)26-15-19-13-20(24(4,5)6)14-21(23(19)27)25(7,8)9/h11-15,27H,10H2,1-9H3. The van der Waals surface area contributed by atoms with E-state index in [0.717, 1.165) is 23.2 Å². The minimum Gasteiger partial charge on any atom is -0.507 e. The van der Waals surface area contributed by atoms with Crippen LogP contribution in [0.5, 0.6) is 5.75 Å². The molecule has 0 atom stereocenters. The average molecular weight is 366 g/mol. The van der Waals surface area contributed by atoms with E-state index in [1.165, 1.54) is 22.3 Å². The lowest BCUT2D eigenvalue weighted by molar-refractivity contribution is 0.444. The zero-order chi connectivity index (χ0) is 20.6. The molecule has 0 aliphatic carbocycles. The highest BCUT2D eigenvalue weighted by molar-refractivity contribution is 5.87. The largest absolute Gasteiger partial charge is 0.507 e. The van der Waals surface area contributed by atoms with E-state index < -0.39 is 0 Å². The van der Waals surface area contributed by atoms with Crippen LogP contribution in [0.1, 0.15) is 81.8 Å². The number of hydrogen-bond acceptors (Lipinski definition) is 2. The van der Waals surface area contributed by atoms with Crippen LogP contribution in [0.4, 0.5) is 5.69 Å². The lowest BCUT2D eigenvalue weighted by Crippen LogP contribution is -2.17. The van der Waals surface area contributed by atoms with Gasteiger partial charge < -0.3 is 5.11 Å². The van der Waals surface area contributed by atoms with E-state index in [1.807, 2.05) is 6.21 Å². The topological polar surface area (TPSA) is 32.6 Å². The number of phenolic OH excluding ortho intramolecular Hbond substituents is 1. The average Bonchev–Trinajstić information content (AvgIpc) is 2.52. The van der Waals surface area contributed by atoms with E-state index in [4.69, 9.17) is 4.99 Å². The van der Waals surface area contributed by atoms with E-state index in [9.17, 15) is 5.11 Å². The predicted molar refractivity (Wildman–Crippen MR) is 118 cm³/mol. The quantitative estimate of drug-likeness (QED) is 0.588. The van der Waals surface area contributed by atoms with Gasteiger partial charge in [-0.2, -0.15) is 0 Å². The fourth-order valence-corrected chi connectivity index (χ4v) is 3.35. The normalized spacial score (nSPS) is 12.8. The highest BCUT2D eigenvalue weighted by Gasteiger charge is 2.24. The Hall–Kier alpha value is -2.09. The smallest absolute Gasteiger partial charge is 0.128 e. The number of benzene rings is 2. The van der Waals surface area contributed by atoms with Crippen LogP contribution in [0, 0.1) is 13.8 Å². The molecular weight excluding hydrogens is 330 g/mol. The summed E-state index contributed by atoms with van der Waals surface area (Å²) in [5, 5.41) is 10.9. The molecule has 2 nitrogen and oxygen atoms in total. The second-order valence-corrected chi connectivity index (χ2v) is 9.65. The van der Waals surface area contributed by atoms with Crippen molar-refractivity contribution in [2.24, 2.45) is 4.99 Å². The van der Waals surface area contributed by atoms with Gasteiger partial charge in [0.05, 0.1) is 5.69 Å². The molecule has 0 fully saturated rings. The van der Waals surface area contributed by atoms with Gasteiger partial charge in [-0.05, 0) is 59.4 Å². The van der Waals surface area contributed by atoms with E-state index >= 15 is 0 Å². The summed E-state index contributed by atoms with van der Waals surface area (Å²) < 4.78 is 0. The number of aromatic hydroxyl groups is 1. The third kappa shape index (κ3) is 4.80. The molecule has 2 rings (SSSR count). The van der Waals surface area contributed by atoms with Gasteiger partial charge in [-0.25, -0.2) is 0 Å². The Balaban J connectivity index is 2.61. The van der Waals surface area contributed by atoms with Crippen LogP contribution in [0.25, 0.3) is 0 Å². The first-order chi connectivity index (χ1) is 12.3. The summed E-state index contributed by atoms with van der Waals surface area (Å²) >= 11 is 0. The third-order valence-electron chi connectivity index (χ3n) is 5.11. The third-order valence-corrected chi connectivity index (χ3v) is 5.11. The Morgan fingerprint density at radius 1 is 0.889 bits per heavy atom. The fourth-order valence-electron chi connectivity index (χ4n) is 3.35. The van der Waals surface area contributed by atoms with E-state index in [0.29, 0.717) is 5.75 Å². The van der Waals surface area contributed by atoms with Gasteiger partial charge in [0.25, 0.3) is 0 Å². The Kier molecular flexibility index (Phi) is 5.89. The highest BCUT2D eigenvalue weighted by atomic mass is 16.3. The molecule has 0 saturated heterocycles. The highest BCUT2D eigenvalue weighted by Crippen LogP contribution is 2.37.